The fourth-order valence-corrected chi connectivity index (χ4v) is 3.08. The second-order valence-corrected chi connectivity index (χ2v) is 5.60. The van der Waals surface area contributed by atoms with Gasteiger partial charge in [0.1, 0.15) is 0 Å². The van der Waals surface area contributed by atoms with Gasteiger partial charge < -0.3 is 15.5 Å². The number of aliphatic hydroxyl groups is 1. The number of carboxylic acids is 1. The van der Waals surface area contributed by atoms with Gasteiger partial charge in [0, 0.05) is 13.2 Å². The summed E-state index contributed by atoms with van der Waals surface area (Å²) < 4.78 is 0. The fraction of sp³-hybridized carbons (Fsp3) is 0.562. The molecule has 0 heterocycles. The van der Waals surface area contributed by atoms with Gasteiger partial charge in [-0.3, -0.25) is 4.79 Å². The minimum Gasteiger partial charge on any atom is -0.481 e. The van der Waals surface area contributed by atoms with Crippen molar-refractivity contribution in [2.45, 2.75) is 32.2 Å². The Kier molecular flexibility index (Phi) is 5.56. The minimum absolute atomic E-state index is 0.0700. The highest BCUT2D eigenvalue weighted by Gasteiger charge is 2.25. The van der Waals surface area contributed by atoms with Gasteiger partial charge in [0.05, 0.1) is 6.42 Å². The van der Waals surface area contributed by atoms with Gasteiger partial charge in [-0.2, -0.15) is 0 Å². The maximum Gasteiger partial charge on any atom is 0.307 e. The number of benzene rings is 1. The zero-order valence-corrected chi connectivity index (χ0v) is 11.7. The Balaban J connectivity index is 1.86. The summed E-state index contributed by atoms with van der Waals surface area (Å²) in [4.78, 5) is 10.8. The predicted molar refractivity (Wildman–Crippen MR) is 77.4 cm³/mol. The van der Waals surface area contributed by atoms with Crippen LogP contribution in [0.4, 0.5) is 0 Å². The lowest BCUT2D eigenvalue weighted by atomic mass is 9.96. The molecule has 4 heteroatoms. The van der Waals surface area contributed by atoms with Crippen molar-refractivity contribution in [3.63, 3.8) is 0 Å². The predicted octanol–water partition coefficient (Wildman–Crippen LogP) is 1.81. The van der Waals surface area contributed by atoms with Crippen LogP contribution in [0.15, 0.2) is 24.3 Å². The molecule has 0 aliphatic heterocycles. The summed E-state index contributed by atoms with van der Waals surface area (Å²) in [5, 5.41) is 21.6. The standard InChI is InChI=1S/C16H23NO3/c18-11-15-7-3-6-14(15)10-17-9-13-5-2-1-4-12(13)8-16(19)20/h1-2,4-5,14-15,17-18H,3,6-11H2,(H,19,20). The molecule has 0 amide bonds. The SMILES string of the molecule is O=C(O)Cc1ccccc1CNCC1CCCC1CO. The average molecular weight is 277 g/mol. The highest BCUT2D eigenvalue weighted by atomic mass is 16.4. The molecule has 2 atom stereocenters. The summed E-state index contributed by atoms with van der Waals surface area (Å²) in [6, 6.07) is 7.66. The molecule has 110 valence electrons. The normalized spacial score (nSPS) is 22.1. The lowest BCUT2D eigenvalue weighted by Gasteiger charge is -2.18. The van der Waals surface area contributed by atoms with Gasteiger partial charge >= 0.3 is 5.97 Å². The fourth-order valence-electron chi connectivity index (χ4n) is 3.08. The maximum atomic E-state index is 10.8. The van der Waals surface area contributed by atoms with Crippen LogP contribution < -0.4 is 5.32 Å². The zero-order valence-electron chi connectivity index (χ0n) is 11.7. The summed E-state index contributed by atoms with van der Waals surface area (Å²) >= 11 is 0. The third kappa shape index (κ3) is 4.05. The van der Waals surface area contributed by atoms with Crippen LogP contribution >= 0.6 is 0 Å². The van der Waals surface area contributed by atoms with E-state index in [1.165, 1.54) is 12.8 Å². The van der Waals surface area contributed by atoms with E-state index in [1.807, 2.05) is 24.3 Å². The van der Waals surface area contributed by atoms with Crippen LogP contribution in [0.2, 0.25) is 0 Å². The van der Waals surface area contributed by atoms with Gasteiger partial charge in [0.25, 0.3) is 0 Å². The first kappa shape index (κ1) is 15.0. The molecular weight excluding hydrogens is 254 g/mol. The van der Waals surface area contributed by atoms with E-state index >= 15 is 0 Å². The van der Waals surface area contributed by atoms with Gasteiger partial charge in [-0.25, -0.2) is 0 Å². The van der Waals surface area contributed by atoms with Crippen molar-refractivity contribution in [1.29, 1.82) is 0 Å². The van der Waals surface area contributed by atoms with Crippen molar-refractivity contribution >= 4 is 5.97 Å². The van der Waals surface area contributed by atoms with Crippen LogP contribution in [0.25, 0.3) is 0 Å². The van der Waals surface area contributed by atoms with Crippen LogP contribution in [-0.4, -0.2) is 29.3 Å². The molecule has 1 aliphatic carbocycles. The third-order valence-corrected chi connectivity index (χ3v) is 4.23. The largest absolute Gasteiger partial charge is 0.481 e. The Morgan fingerprint density at radius 2 is 1.90 bits per heavy atom. The molecule has 2 unspecified atom stereocenters. The van der Waals surface area contributed by atoms with Gasteiger partial charge in [-0.1, -0.05) is 30.7 Å². The minimum atomic E-state index is -0.798. The lowest BCUT2D eigenvalue weighted by molar-refractivity contribution is -0.136. The summed E-state index contributed by atoms with van der Waals surface area (Å²) in [6.45, 7) is 1.87. The van der Waals surface area contributed by atoms with E-state index < -0.39 is 5.97 Å². The Morgan fingerprint density at radius 3 is 2.60 bits per heavy atom. The van der Waals surface area contributed by atoms with Gasteiger partial charge in [0.2, 0.25) is 0 Å². The molecule has 1 aromatic carbocycles. The van der Waals surface area contributed by atoms with Crippen LogP contribution in [-0.2, 0) is 17.8 Å². The van der Waals surface area contributed by atoms with E-state index in [-0.39, 0.29) is 13.0 Å². The molecule has 3 N–H and O–H groups in total. The first-order valence-electron chi connectivity index (χ1n) is 7.31. The zero-order chi connectivity index (χ0) is 14.4. The van der Waals surface area contributed by atoms with Crippen LogP contribution in [0.1, 0.15) is 30.4 Å². The summed E-state index contributed by atoms with van der Waals surface area (Å²) in [7, 11) is 0. The first-order chi connectivity index (χ1) is 9.70. The Bertz CT molecular complexity index is 447. The molecule has 0 aromatic heterocycles. The molecule has 1 aromatic rings. The number of hydrogen-bond donors (Lipinski definition) is 3. The lowest BCUT2D eigenvalue weighted by Crippen LogP contribution is -2.26. The van der Waals surface area contributed by atoms with Gasteiger partial charge in [0.15, 0.2) is 0 Å². The van der Waals surface area contributed by atoms with E-state index in [1.54, 1.807) is 0 Å². The molecule has 1 fully saturated rings. The molecule has 0 radical (unpaired) electrons. The third-order valence-electron chi connectivity index (χ3n) is 4.23. The van der Waals surface area contributed by atoms with Crippen molar-refractivity contribution in [3.8, 4) is 0 Å². The van der Waals surface area contributed by atoms with E-state index in [0.717, 1.165) is 24.1 Å². The molecule has 1 aliphatic rings. The second kappa shape index (κ2) is 7.41. The quantitative estimate of drug-likeness (QED) is 0.711. The molecular formula is C16H23NO3. The monoisotopic (exact) mass is 277 g/mol. The molecule has 0 saturated heterocycles. The van der Waals surface area contributed by atoms with E-state index in [2.05, 4.69) is 5.32 Å². The molecule has 1 saturated carbocycles. The highest BCUT2D eigenvalue weighted by Crippen LogP contribution is 2.30. The molecule has 20 heavy (non-hydrogen) atoms. The van der Waals surface area contributed by atoms with Crippen LogP contribution in [0, 0.1) is 11.8 Å². The van der Waals surface area contributed by atoms with Gasteiger partial charge in [-0.05, 0) is 42.3 Å². The van der Waals surface area contributed by atoms with E-state index in [0.29, 0.717) is 18.4 Å². The number of aliphatic hydroxyl groups excluding tert-OH is 1. The molecule has 4 nitrogen and oxygen atoms in total. The van der Waals surface area contributed by atoms with Crippen molar-refractivity contribution in [3.05, 3.63) is 35.4 Å². The van der Waals surface area contributed by atoms with Crippen molar-refractivity contribution < 1.29 is 15.0 Å². The summed E-state index contributed by atoms with van der Waals surface area (Å²) in [5.74, 6) is 0.178. The van der Waals surface area contributed by atoms with E-state index in [4.69, 9.17) is 5.11 Å². The number of carboxylic acid groups (broad SMARTS) is 1. The van der Waals surface area contributed by atoms with Crippen molar-refractivity contribution in [2.75, 3.05) is 13.2 Å². The molecule has 0 spiro atoms. The summed E-state index contributed by atoms with van der Waals surface area (Å²) in [6.07, 6.45) is 3.57. The maximum absolute atomic E-state index is 10.8. The number of carbonyl (C=O) groups is 1. The number of hydrogen-bond acceptors (Lipinski definition) is 3. The van der Waals surface area contributed by atoms with E-state index in [9.17, 15) is 9.90 Å². The smallest absolute Gasteiger partial charge is 0.307 e. The number of aliphatic carboxylic acids is 1. The van der Waals surface area contributed by atoms with Crippen LogP contribution in [0.3, 0.4) is 0 Å². The van der Waals surface area contributed by atoms with Crippen molar-refractivity contribution in [1.82, 2.24) is 5.32 Å². The Morgan fingerprint density at radius 1 is 1.20 bits per heavy atom. The Hall–Kier alpha value is -1.39. The van der Waals surface area contributed by atoms with Crippen molar-refractivity contribution in [2.24, 2.45) is 11.8 Å². The number of nitrogens with one attached hydrogen (secondary N) is 1. The molecule has 0 bridgehead atoms. The van der Waals surface area contributed by atoms with Crippen LogP contribution in [0.5, 0.6) is 0 Å². The Labute approximate surface area is 119 Å². The second-order valence-electron chi connectivity index (χ2n) is 5.60. The molecule has 2 rings (SSSR count). The van der Waals surface area contributed by atoms with Gasteiger partial charge in [-0.15, -0.1) is 0 Å². The highest BCUT2D eigenvalue weighted by molar-refractivity contribution is 5.70. The average Bonchev–Trinajstić information content (AvgIpc) is 2.87. The summed E-state index contributed by atoms with van der Waals surface area (Å²) in [5.41, 5.74) is 1.92. The first-order valence-corrected chi connectivity index (χ1v) is 7.31. The number of rotatable bonds is 7. The topological polar surface area (TPSA) is 69.6 Å².